The third kappa shape index (κ3) is 10.8. The lowest BCUT2D eigenvalue weighted by atomic mass is 9.97. The molecule has 1 aliphatic carbocycles. The summed E-state index contributed by atoms with van der Waals surface area (Å²) in [7, 11) is -3.88. The number of carbonyl (C=O) groups is 1. The molecule has 1 saturated carbocycles. The molecule has 0 aliphatic heterocycles. The molecule has 4 rings (SSSR count). The van der Waals surface area contributed by atoms with Crippen molar-refractivity contribution in [1.82, 2.24) is 10.0 Å². The molecule has 0 heterocycles. The maximum atomic E-state index is 13.0. The summed E-state index contributed by atoms with van der Waals surface area (Å²) in [6, 6.07) is 22.2. The highest BCUT2D eigenvalue weighted by atomic mass is 35.5. The largest absolute Gasteiger partial charge is 0.492 e. The van der Waals surface area contributed by atoms with Gasteiger partial charge in [-0.05, 0) is 73.1 Å². The van der Waals surface area contributed by atoms with Crippen LogP contribution < -0.4 is 19.5 Å². The number of hydrogen-bond acceptors (Lipinski definition) is 8. The number of amides is 1. The molecular weight excluding hydrogens is 592 g/mol. The van der Waals surface area contributed by atoms with Crippen LogP contribution in [0.15, 0.2) is 72.8 Å². The number of sulfonamides is 1. The third-order valence-electron chi connectivity index (χ3n) is 7.15. The molecule has 0 bridgehead atoms. The average Bonchev–Trinajstić information content (AvgIpc) is 3.01. The van der Waals surface area contributed by atoms with Crippen molar-refractivity contribution in [1.29, 1.82) is 0 Å². The zero-order valence-corrected chi connectivity index (χ0v) is 25.7. The van der Waals surface area contributed by atoms with Crippen LogP contribution in [-0.4, -0.2) is 62.7 Å². The molecule has 0 saturated heterocycles. The number of ether oxygens (including phenoxy) is 2. The number of halogens is 1. The Bertz CT molecular complexity index is 1380. The number of benzene rings is 3. The average molecular weight is 633 g/mol. The summed E-state index contributed by atoms with van der Waals surface area (Å²) in [6.45, 7) is 1.16. The Hall–Kier alpha value is -3.15. The van der Waals surface area contributed by atoms with E-state index < -0.39 is 22.0 Å². The van der Waals surface area contributed by atoms with Gasteiger partial charge in [0, 0.05) is 19.7 Å². The molecule has 1 fully saturated rings. The number of hydrogen-bond donors (Lipinski definition) is 4. The summed E-state index contributed by atoms with van der Waals surface area (Å²) in [5, 5.41) is 22.4. The van der Waals surface area contributed by atoms with E-state index in [0.717, 1.165) is 48.8 Å². The van der Waals surface area contributed by atoms with Crippen molar-refractivity contribution in [3.05, 3.63) is 83.9 Å². The number of rotatable bonds is 15. The molecule has 11 heteroatoms. The van der Waals surface area contributed by atoms with Crippen LogP contribution in [0.4, 0.5) is 0 Å². The second kappa shape index (κ2) is 17.2. The van der Waals surface area contributed by atoms with E-state index in [1.165, 1.54) is 0 Å². The fourth-order valence-corrected chi connectivity index (χ4v) is 5.87. The Kier molecular flexibility index (Phi) is 13.8. The van der Waals surface area contributed by atoms with E-state index in [2.05, 4.69) is 10.0 Å². The molecule has 0 unspecified atom stereocenters. The van der Waals surface area contributed by atoms with Gasteiger partial charge in [-0.25, -0.2) is 13.1 Å². The molecular formula is C32H41ClN2O7S. The first kappa shape index (κ1) is 34.3. The molecule has 1 atom stereocenters. The monoisotopic (exact) mass is 632 g/mol. The van der Waals surface area contributed by atoms with Crippen LogP contribution >= 0.6 is 12.4 Å². The Balaban J connectivity index is 0.00000506. The highest BCUT2D eigenvalue weighted by Gasteiger charge is 2.23. The van der Waals surface area contributed by atoms with E-state index in [4.69, 9.17) is 14.6 Å². The smallest absolute Gasteiger partial charge is 0.268 e. The van der Waals surface area contributed by atoms with Gasteiger partial charge in [-0.15, -0.1) is 12.4 Å². The van der Waals surface area contributed by atoms with Gasteiger partial charge in [0.05, 0.1) is 23.5 Å². The Morgan fingerprint density at radius 2 is 1.65 bits per heavy atom. The number of aliphatic hydroxyl groups excluding tert-OH is 2. The highest BCUT2D eigenvalue weighted by molar-refractivity contribution is 7.90. The van der Waals surface area contributed by atoms with Crippen LogP contribution in [0.25, 0.3) is 11.1 Å². The Morgan fingerprint density at radius 1 is 0.953 bits per heavy atom. The lowest BCUT2D eigenvalue weighted by Gasteiger charge is -2.24. The van der Waals surface area contributed by atoms with E-state index in [1.807, 2.05) is 54.6 Å². The fraction of sp³-hybridized carbons (Fsp3) is 0.406. The molecule has 9 nitrogen and oxygen atoms in total. The summed E-state index contributed by atoms with van der Waals surface area (Å²) in [5.41, 5.74) is 2.73. The summed E-state index contributed by atoms with van der Waals surface area (Å²) in [4.78, 5) is 13.0. The number of aliphatic hydroxyl groups is 2. The third-order valence-corrected chi connectivity index (χ3v) is 8.47. The van der Waals surface area contributed by atoms with Crippen LogP contribution in [0.3, 0.4) is 0 Å². The quantitative estimate of drug-likeness (QED) is 0.178. The molecule has 3 aromatic carbocycles. The van der Waals surface area contributed by atoms with Crippen LogP contribution in [-0.2, 0) is 10.0 Å². The van der Waals surface area contributed by atoms with Gasteiger partial charge in [-0.3, -0.25) is 4.79 Å². The van der Waals surface area contributed by atoms with Gasteiger partial charge >= 0.3 is 0 Å². The summed E-state index contributed by atoms with van der Waals surface area (Å²) in [6.07, 6.45) is 4.43. The van der Waals surface area contributed by atoms with E-state index in [1.54, 1.807) is 18.2 Å². The van der Waals surface area contributed by atoms with Crippen molar-refractivity contribution >= 4 is 28.3 Å². The fourth-order valence-electron chi connectivity index (χ4n) is 4.87. The van der Waals surface area contributed by atoms with Gasteiger partial charge in [0.25, 0.3) is 5.91 Å². The van der Waals surface area contributed by atoms with Crippen molar-refractivity contribution in [3.63, 3.8) is 0 Å². The van der Waals surface area contributed by atoms with E-state index in [9.17, 15) is 18.3 Å². The van der Waals surface area contributed by atoms with Crippen LogP contribution in [0, 0.1) is 0 Å². The second-order valence-electron chi connectivity index (χ2n) is 10.4. The maximum Gasteiger partial charge on any atom is 0.268 e. The zero-order chi connectivity index (χ0) is 29.8. The van der Waals surface area contributed by atoms with E-state index in [-0.39, 0.29) is 42.9 Å². The van der Waals surface area contributed by atoms with Crippen molar-refractivity contribution in [3.8, 4) is 22.6 Å². The van der Waals surface area contributed by atoms with E-state index in [0.29, 0.717) is 31.2 Å². The van der Waals surface area contributed by atoms with Gasteiger partial charge in [-0.1, -0.05) is 55.0 Å². The SMILES string of the molecule is Cl.O=C(NS(=O)(=O)CCCO)c1ccc(-c2ccc(OCCNC[C@H](O)c3ccccc3)cc2)cc1OC1CCCCC1. The minimum Gasteiger partial charge on any atom is -0.492 e. The first-order chi connectivity index (χ1) is 20.3. The second-order valence-corrected chi connectivity index (χ2v) is 12.3. The van der Waals surface area contributed by atoms with Gasteiger partial charge in [-0.2, -0.15) is 0 Å². The maximum absolute atomic E-state index is 13.0. The Morgan fingerprint density at radius 3 is 2.35 bits per heavy atom. The molecule has 0 aromatic heterocycles. The number of nitrogens with one attached hydrogen (secondary N) is 2. The summed E-state index contributed by atoms with van der Waals surface area (Å²) >= 11 is 0. The van der Waals surface area contributed by atoms with Gasteiger partial charge < -0.3 is 25.0 Å². The molecule has 0 spiro atoms. The zero-order valence-electron chi connectivity index (χ0n) is 24.1. The lowest BCUT2D eigenvalue weighted by molar-refractivity contribution is 0.0969. The minimum absolute atomic E-state index is 0. The van der Waals surface area contributed by atoms with Gasteiger partial charge in [0.1, 0.15) is 18.1 Å². The summed E-state index contributed by atoms with van der Waals surface area (Å²) in [5.74, 6) is -0.0454. The Labute approximate surface area is 260 Å². The highest BCUT2D eigenvalue weighted by Crippen LogP contribution is 2.32. The molecule has 1 aliphatic rings. The first-order valence-electron chi connectivity index (χ1n) is 14.5. The predicted molar refractivity (Wildman–Crippen MR) is 169 cm³/mol. The predicted octanol–water partition coefficient (Wildman–Crippen LogP) is 4.63. The van der Waals surface area contributed by atoms with Gasteiger partial charge in [0.2, 0.25) is 10.0 Å². The standard InChI is InChI=1S/C32H40N2O7S.ClH/c35-19-7-21-42(38,39)34-32(37)29-17-14-26(22-31(29)41-28-10-5-2-6-11-28)24-12-15-27(16-13-24)40-20-18-33-23-30(36)25-8-3-1-4-9-25;/h1,3-4,8-9,12-17,22,28,30,33,35-36H,2,5-7,10-11,18-21,23H2,(H,34,37);1H/t30-;/m0./s1. The van der Waals surface area contributed by atoms with E-state index >= 15 is 0 Å². The molecule has 234 valence electrons. The molecule has 1 amide bonds. The van der Waals surface area contributed by atoms with Gasteiger partial charge in [0.15, 0.2) is 0 Å². The van der Waals surface area contributed by atoms with Crippen LogP contribution in [0.2, 0.25) is 0 Å². The topological polar surface area (TPSA) is 134 Å². The number of carbonyl (C=O) groups excluding carboxylic acids is 1. The van der Waals surface area contributed by atoms with Crippen LogP contribution in [0.1, 0.15) is 60.6 Å². The lowest BCUT2D eigenvalue weighted by Crippen LogP contribution is -2.33. The molecule has 0 radical (unpaired) electrons. The molecule has 4 N–H and O–H groups in total. The normalized spacial score (nSPS) is 14.4. The van der Waals surface area contributed by atoms with Crippen molar-refractivity contribution in [2.75, 3.05) is 32.1 Å². The van der Waals surface area contributed by atoms with Crippen molar-refractivity contribution in [2.24, 2.45) is 0 Å². The minimum atomic E-state index is -3.88. The summed E-state index contributed by atoms with van der Waals surface area (Å²) < 4.78 is 38.8. The first-order valence-corrected chi connectivity index (χ1v) is 16.1. The van der Waals surface area contributed by atoms with Crippen LogP contribution in [0.5, 0.6) is 11.5 Å². The molecule has 43 heavy (non-hydrogen) atoms. The molecule has 3 aromatic rings. The van der Waals surface area contributed by atoms with Crippen molar-refractivity contribution in [2.45, 2.75) is 50.7 Å². The van der Waals surface area contributed by atoms with Crippen molar-refractivity contribution < 1.29 is 32.9 Å².